The highest BCUT2D eigenvalue weighted by molar-refractivity contribution is 9.10. The smallest absolute Gasteiger partial charge is 0.229 e. The Balaban J connectivity index is 2.26. The van der Waals surface area contributed by atoms with E-state index in [2.05, 4.69) is 31.0 Å². The molecule has 0 saturated carbocycles. The van der Waals surface area contributed by atoms with Gasteiger partial charge in [0.1, 0.15) is 5.84 Å². The van der Waals surface area contributed by atoms with E-state index in [4.69, 9.17) is 0 Å². The highest BCUT2D eigenvalue weighted by atomic mass is 79.9. The van der Waals surface area contributed by atoms with Gasteiger partial charge in [0.2, 0.25) is 10.0 Å². The third-order valence-corrected chi connectivity index (χ3v) is 4.51. The molecule has 0 unspecified atom stereocenters. The van der Waals surface area contributed by atoms with Crippen LogP contribution < -0.4 is 10.0 Å². The van der Waals surface area contributed by atoms with Crippen molar-refractivity contribution in [2.75, 3.05) is 24.1 Å². The average Bonchev–Trinajstić information content (AvgIpc) is 2.80. The predicted molar refractivity (Wildman–Crippen MR) is 81.4 cm³/mol. The maximum Gasteiger partial charge on any atom is 0.229 e. The van der Waals surface area contributed by atoms with Crippen LogP contribution in [0.25, 0.3) is 0 Å². The van der Waals surface area contributed by atoms with Crippen molar-refractivity contribution in [2.45, 2.75) is 13.3 Å². The molecule has 0 radical (unpaired) electrons. The summed E-state index contributed by atoms with van der Waals surface area (Å²) in [4.78, 5) is 4.36. The van der Waals surface area contributed by atoms with Gasteiger partial charge < -0.3 is 5.32 Å². The van der Waals surface area contributed by atoms with Crippen molar-refractivity contribution in [2.24, 2.45) is 4.99 Å². The van der Waals surface area contributed by atoms with Crippen LogP contribution in [0.3, 0.4) is 0 Å². The molecule has 0 amide bonds. The van der Waals surface area contributed by atoms with Crippen LogP contribution in [0.15, 0.2) is 21.6 Å². The monoisotopic (exact) mass is 345 g/mol. The Labute approximate surface area is 121 Å². The van der Waals surface area contributed by atoms with Gasteiger partial charge in [0.15, 0.2) is 0 Å². The Morgan fingerprint density at radius 1 is 1.47 bits per heavy atom. The van der Waals surface area contributed by atoms with Gasteiger partial charge in [-0.15, -0.1) is 0 Å². The van der Waals surface area contributed by atoms with Crippen LogP contribution in [0.4, 0.5) is 5.69 Å². The summed E-state index contributed by atoms with van der Waals surface area (Å²) in [5.41, 5.74) is 2.70. The molecule has 1 heterocycles. The second-order valence-electron chi connectivity index (χ2n) is 4.52. The van der Waals surface area contributed by atoms with Crippen LogP contribution in [0, 0.1) is 6.92 Å². The lowest BCUT2D eigenvalue weighted by molar-refractivity contribution is 0.607. The van der Waals surface area contributed by atoms with Crippen molar-refractivity contribution >= 4 is 37.5 Å². The molecule has 0 aromatic heterocycles. The normalized spacial score (nSPS) is 15.0. The standard InChI is InChI=1S/C12H16BrN3O2S/c1-8-9(7-11-14-5-6-15-11)3-4-10(12(8)13)16-19(2,17)18/h3-4,16H,5-7H2,1-2H3,(H,14,15). The Bertz CT molecular complexity index is 626. The fraction of sp³-hybridized carbons (Fsp3) is 0.417. The van der Waals surface area contributed by atoms with Gasteiger partial charge in [-0.25, -0.2) is 8.42 Å². The Hall–Kier alpha value is -1.08. The van der Waals surface area contributed by atoms with Crippen LogP contribution in [0.1, 0.15) is 11.1 Å². The fourth-order valence-electron chi connectivity index (χ4n) is 1.94. The third-order valence-electron chi connectivity index (χ3n) is 2.90. The van der Waals surface area contributed by atoms with E-state index in [0.717, 1.165) is 47.2 Å². The first-order valence-corrected chi connectivity index (χ1v) is 8.58. The topological polar surface area (TPSA) is 70.6 Å². The minimum Gasteiger partial charge on any atom is -0.372 e. The van der Waals surface area contributed by atoms with Gasteiger partial charge in [0, 0.05) is 17.4 Å². The van der Waals surface area contributed by atoms with E-state index >= 15 is 0 Å². The van der Waals surface area contributed by atoms with Gasteiger partial charge in [0.05, 0.1) is 18.5 Å². The molecule has 1 aliphatic heterocycles. The van der Waals surface area contributed by atoms with Crippen LogP contribution in [-0.4, -0.2) is 33.6 Å². The highest BCUT2D eigenvalue weighted by Gasteiger charge is 2.13. The van der Waals surface area contributed by atoms with Gasteiger partial charge in [-0.3, -0.25) is 9.71 Å². The summed E-state index contributed by atoms with van der Waals surface area (Å²) in [5, 5.41) is 3.23. The zero-order chi connectivity index (χ0) is 14.0. The molecule has 0 atom stereocenters. The molecule has 0 saturated heterocycles. The van der Waals surface area contributed by atoms with Gasteiger partial charge in [-0.1, -0.05) is 6.07 Å². The summed E-state index contributed by atoms with van der Waals surface area (Å²) in [7, 11) is -3.27. The van der Waals surface area contributed by atoms with Crippen molar-refractivity contribution in [3.05, 3.63) is 27.7 Å². The van der Waals surface area contributed by atoms with Crippen molar-refractivity contribution in [1.29, 1.82) is 0 Å². The largest absolute Gasteiger partial charge is 0.372 e. The predicted octanol–water partition coefficient (Wildman–Crippen LogP) is 1.67. The molecule has 2 N–H and O–H groups in total. The summed E-state index contributed by atoms with van der Waals surface area (Å²) >= 11 is 3.45. The van der Waals surface area contributed by atoms with Crippen LogP contribution >= 0.6 is 15.9 Å². The first-order chi connectivity index (χ1) is 8.87. The van der Waals surface area contributed by atoms with E-state index in [1.54, 1.807) is 6.07 Å². The lowest BCUT2D eigenvalue weighted by atomic mass is 10.0. The van der Waals surface area contributed by atoms with Crippen molar-refractivity contribution in [3.8, 4) is 0 Å². The molecule has 0 fully saturated rings. The quantitative estimate of drug-likeness (QED) is 0.871. The highest BCUT2D eigenvalue weighted by Crippen LogP contribution is 2.29. The zero-order valence-electron chi connectivity index (χ0n) is 10.8. The van der Waals surface area contributed by atoms with Gasteiger partial charge in [-0.2, -0.15) is 0 Å². The van der Waals surface area contributed by atoms with Gasteiger partial charge in [0.25, 0.3) is 0 Å². The Morgan fingerprint density at radius 3 is 2.79 bits per heavy atom. The van der Waals surface area contributed by atoms with Gasteiger partial charge in [-0.05, 0) is 40.0 Å². The summed E-state index contributed by atoms with van der Waals surface area (Å²) in [6.07, 6.45) is 1.88. The van der Waals surface area contributed by atoms with Crippen molar-refractivity contribution < 1.29 is 8.42 Å². The van der Waals surface area contributed by atoms with Crippen molar-refractivity contribution in [3.63, 3.8) is 0 Å². The summed E-state index contributed by atoms with van der Waals surface area (Å²) in [6.45, 7) is 3.68. The molecule has 0 bridgehead atoms. The molecule has 2 rings (SSSR count). The van der Waals surface area contributed by atoms with E-state index < -0.39 is 10.0 Å². The number of rotatable bonds is 4. The van der Waals surface area contributed by atoms with E-state index in [1.807, 2.05) is 13.0 Å². The molecule has 0 spiro atoms. The third kappa shape index (κ3) is 3.70. The van der Waals surface area contributed by atoms with Crippen molar-refractivity contribution in [1.82, 2.24) is 5.32 Å². The second-order valence-corrected chi connectivity index (χ2v) is 7.06. The molecule has 1 aromatic carbocycles. The van der Waals surface area contributed by atoms with E-state index in [1.165, 1.54) is 0 Å². The second kappa shape index (κ2) is 5.50. The lowest BCUT2D eigenvalue weighted by Crippen LogP contribution is -2.21. The average molecular weight is 346 g/mol. The molecule has 5 nitrogen and oxygen atoms in total. The van der Waals surface area contributed by atoms with Crippen LogP contribution in [0.2, 0.25) is 0 Å². The summed E-state index contributed by atoms with van der Waals surface area (Å²) in [5.74, 6) is 0.985. The number of nitrogens with zero attached hydrogens (tertiary/aromatic N) is 1. The molecule has 7 heteroatoms. The number of hydrogen-bond acceptors (Lipinski definition) is 4. The molecule has 1 aliphatic rings. The van der Waals surface area contributed by atoms with E-state index in [0.29, 0.717) is 5.69 Å². The molecular formula is C12H16BrN3O2S. The maximum absolute atomic E-state index is 11.3. The number of aliphatic imine (C=N–C) groups is 1. The van der Waals surface area contributed by atoms with Gasteiger partial charge >= 0.3 is 0 Å². The minimum atomic E-state index is -3.27. The van der Waals surface area contributed by atoms with E-state index in [-0.39, 0.29) is 0 Å². The molecule has 19 heavy (non-hydrogen) atoms. The number of hydrogen-bond donors (Lipinski definition) is 2. The van der Waals surface area contributed by atoms with Crippen LogP contribution in [-0.2, 0) is 16.4 Å². The number of benzene rings is 1. The maximum atomic E-state index is 11.3. The SMILES string of the molecule is Cc1c(CC2=NCCN2)ccc(NS(C)(=O)=O)c1Br. The molecule has 1 aromatic rings. The van der Waals surface area contributed by atoms with Crippen LogP contribution in [0.5, 0.6) is 0 Å². The number of nitrogens with one attached hydrogen (secondary N) is 2. The first kappa shape index (κ1) is 14.3. The first-order valence-electron chi connectivity index (χ1n) is 5.90. The molecule has 104 valence electrons. The zero-order valence-corrected chi connectivity index (χ0v) is 13.2. The summed E-state index contributed by atoms with van der Waals surface area (Å²) < 4.78 is 25.8. The number of anilines is 1. The van der Waals surface area contributed by atoms with E-state index in [9.17, 15) is 8.42 Å². The Kier molecular flexibility index (Phi) is 4.15. The lowest BCUT2D eigenvalue weighted by Gasteiger charge is -2.13. The minimum absolute atomic E-state index is 0.560. The number of halogens is 1. The number of sulfonamides is 1. The fourth-order valence-corrected chi connectivity index (χ4v) is 3.13. The number of amidine groups is 1. The molecule has 0 aliphatic carbocycles. The Morgan fingerprint density at radius 2 is 2.21 bits per heavy atom. The summed E-state index contributed by atoms with van der Waals surface area (Å²) in [6, 6.07) is 3.69. The molecular weight excluding hydrogens is 330 g/mol.